The van der Waals surface area contributed by atoms with Crippen LogP contribution in [0.5, 0.6) is 0 Å². The molecule has 0 spiro atoms. The molecule has 0 amide bonds. The van der Waals surface area contributed by atoms with E-state index in [1.807, 2.05) is 0 Å². The van der Waals surface area contributed by atoms with Crippen molar-refractivity contribution in [3.63, 3.8) is 0 Å². The Morgan fingerprint density at radius 1 is 1.65 bits per heavy atom. The van der Waals surface area contributed by atoms with E-state index in [2.05, 4.69) is 4.98 Å². The topological polar surface area (TPSA) is 79.5 Å². The van der Waals surface area contributed by atoms with Gasteiger partial charge in [-0.1, -0.05) is 11.6 Å². The number of hydrogen-bond donors (Lipinski definition) is 1. The molecule has 1 aliphatic heterocycles. The van der Waals surface area contributed by atoms with E-state index >= 15 is 0 Å². The van der Waals surface area contributed by atoms with Crippen molar-refractivity contribution in [1.82, 2.24) is 4.98 Å². The number of anilines is 1. The molecule has 6 nitrogen and oxygen atoms in total. The van der Waals surface area contributed by atoms with Crippen molar-refractivity contribution in [3.8, 4) is 0 Å². The predicted molar refractivity (Wildman–Crippen MR) is 63.4 cm³/mol. The predicted octanol–water partition coefficient (Wildman–Crippen LogP) is 1.60. The summed E-state index contributed by atoms with van der Waals surface area (Å²) in [6.45, 7) is 0.616. The first-order valence-electron chi connectivity index (χ1n) is 5.32. The summed E-state index contributed by atoms with van der Waals surface area (Å²) in [5.41, 5.74) is -0.0743. The van der Waals surface area contributed by atoms with Gasteiger partial charge >= 0.3 is 5.69 Å². The Morgan fingerprint density at radius 2 is 2.41 bits per heavy atom. The first kappa shape index (κ1) is 12.1. The molecule has 1 aromatic heterocycles. The number of nitrogens with zero attached hydrogens (tertiary/aromatic N) is 3. The molecular weight excluding hydrogens is 246 g/mol. The zero-order chi connectivity index (χ0) is 12.4. The Kier molecular flexibility index (Phi) is 3.44. The zero-order valence-electron chi connectivity index (χ0n) is 9.04. The van der Waals surface area contributed by atoms with Crippen molar-refractivity contribution in [2.45, 2.75) is 18.9 Å². The highest BCUT2D eigenvalue weighted by Gasteiger charge is 2.30. The molecule has 1 aromatic rings. The van der Waals surface area contributed by atoms with Gasteiger partial charge in [0, 0.05) is 12.6 Å². The second kappa shape index (κ2) is 4.85. The third-order valence-electron chi connectivity index (χ3n) is 2.88. The first-order chi connectivity index (χ1) is 8.13. The molecule has 0 aromatic carbocycles. The van der Waals surface area contributed by atoms with Crippen LogP contribution in [0, 0.1) is 10.1 Å². The van der Waals surface area contributed by atoms with Crippen molar-refractivity contribution in [2.24, 2.45) is 0 Å². The van der Waals surface area contributed by atoms with E-state index in [1.165, 1.54) is 12.1 Å². The molecule has 1 fully saturated rings. The number of pyridine rings is 1. The molecule has 0 radical (unpaired) electrons. The molecule has 1 aliphatic rings. The highest BCUT2D eigenvalue weighted by atomic mass is 35.5. The molecule has 1 saturated heterocycles. The molecule has 17 heavy (non-hydrogen) atoms. The molecule has 2 heterocycles. The Bertz CT molecular complexity index is 441. The van der Waals surface area contributed by atoms with E-state index in [0.29, 0.717) is 6.54 Å². The summed E-state index contributed by atoms with van der Waals surface area (Å²) in [6, 6.07) is 2.63. The van der Waals surface area contributed by atoms with Crippen LogP contribution in [-0.4, -0.2) is 34.2 Å². The van der Waals surface area contributed by atoms with Crippen molar-refractivity contribution in [3.05, 3.63) is 27.4 Å². The van der Waals surface area contributed by atoms with E-state index in [9.17, 15) is 15.2 Å². The lowest BCUT2D eigenvalue weighted by atomic mass is 10.2. The van der Waals surface area contributed by atoms with Crippen LogP contribution in [0.2, 0.25) is 5.15 Å². The van der Waals surface area contributed by atoms with Crippen LogP contribution in [-0.2, 0) is 0 Å². The zero-order valence-corrected chi connectivity index (χ0v) is 9.80. The minimum atomic E-state index is -0.481. The van der Waals surface area contributed by atoms with E-state index < -0.39 is 4.92 Å². The van der Waals surface area contributed by atoms with Gasteiger partial charge in [0.2, 0.25) is 5.82 Å². The summed E-state index contributed by atoms with van der Waals surface area (Å²) in [5, 5.41) is 20.4. The van der Waals surface area contributed by atoms with Crippen LogP contribution in [0.4, 0.5) is 11.5 Å². The molecule has 92 valence electrons. The van der Waals surface area contributed by atoms with E-state index in [-0.39, 0.29) is 29.3 Å². The van der Waals surface area contributed by atoms with Gasteiger partial charge in [-0.05, 0) is 18.9 Å². The summed E-state index contributed by atoms with van der Waals surface area (Å²) in [7, 11) is 0. The fraction of sp³-hybridized carbons (Fsp3) is 0.500. The number of halogens is 1. The number of aliphatic hydroxyl groups excluding tert-OH is 1. The summed E-state index contributed by atoms with van der Waals surface area (Å²) < 4.78 is 0. The van der Waals surface area contributed by atoms with Crippen LogP contribution in [0.25, 0.3) is 0 Å². The number of aromatic nitrogens is 1. The van der Waals surface area contributed by atoms with Crippen molar-refractivity contribution in [2.75, 3.05) is 18.1 Å². The molecule has 0 aliphatic carbocycles. The molecule has 1 unspecified atom stereocenters. The van der Waals surface area contributed by atoms with Gasteiger partial charge in [-0.3, -0.25) is 10.1 Å². The van der Waals surface area contributed by atoms with Crippen LogP contribution in [0.1, 0.15) is 12.8 Å². The van der Waals surface area contributed by atoms with Gasteiger partial charge in [-0.25, -0.2) is 4.98 Å². The second-order valence-electron chi connectivity index (χ2n) is 3.91. The lowest BCUT2D eigenvalue weighted by Crippen LogP contribution is -2.33. The third kappa shape index (κ3) is 2.32. The maximum atomic E-state index is 10.9. The number of nitro groups is 1. The Hall–Kier alpha value is -1.40. The number of aliphatic hydroxyl groups is 1. The Labute approximate surface area is 103 Å². The van der Waals surface area contributed by atoms with Gasteiger partial charge in [0.05, 0.1) is 17.6 Å². The maximum absolute atomic E-state index is 10.9. The largest absolute Gasteiger partial charge is 0.394 e. The van der Waals surface area contributed by atoms with Crippen LogP contribution in [0.15, 0.2) is 12.1 Å². The molecule has 0 saturated carbocycles. The molecule has 1 atom stereocenters. The van der Waals surface area contributed by atoms with E-state index in [4.69, 9.17) is 11.6 Å². The standard InChI is InChI=1S/C10H12ClN3O3/c11-9-4-3-8(14(16)17)10(12-9)13-5-1-2-7(13)6-15/h3-4,7,15H,1-2,5-6H2. The number of hydrogen-bond acceptors (Lipinski definition) is 5. The van der Waals surface area contributed by atoms with Gasteiger partial charge in [0.15, 0.2) is 0 Å². The Morgan fingerprint density at radius 3 is 3.06 bits per heavy atom. The maximum Gasteiger partial charge on any atom is 0.311 e. The lowest BCUT2D eigenvalue weighted by molar-refractivity contribution is -0.384. The Balaban J connectivity index is 2.42. The molecular formula is C10H12ClN3O3. The lowest BCUT2D eigenvalue weighted by Gasteiger charge is -2.23. The third-order valence-corrected chi connectivity index (χ3v) is 3.09. The quantitative estimate of drug-likeness (QED) is 0.505. The van der Waals surface area contributed by atoms with Gasteiger partial charge < -0.3 is 10.0 Å². The highest BCUT2D eigenvalue weighted by molar-refractivity contribution is 6.29. The molecule has 7 heteroatoms. The monoisotopic (exact) mass is 257 g/mol. The summed E-state index contributed by atoms with van der Waals surface area (Å²) in [5.74, 6) is 0.249. The van der Waals surface area contributed by atoms with Crippen LogP contribution >= 0.6 is 11.6 Å². The number of rotatable bonds is 3. The van der Waals surface area contributed by atoms with Crippen molar-refractivity contribution < 1.29 is 10.0 Å². The van der Waals surface area contributed by atoms with Gasteiger partial charge in [-0.2, -0.15) is 0 Å². The van der Waals surface area contributed by atoms with Gasteiger partial charge in [-0.15, -0.1) is 0 Å². The van der Waals surface area contributed by atoms with Crippen molar-refractivity contribution >= 4 is 23.1 Å². The average Bonchev–Trinajstić information content (AvgIpc) is 2.76. The first-order valence-corrected chi connectivity index (χ1v) is 5.69. The van der Waals surface area contributed by atoms with Gasteiger partial charge in [0.25, 0.3) is 0 Å². The highest BCUT2D eigenvalue weighted by Crippen LogP contribution is 2.32. The minimum absolute atomic E-state index is 0.0364. The summed E-state index contributed by atoms with van der Waals surface area (Å²) >= 11 is 5.77. The van der Waals surface area contributed by atoms with Crippen LogP contribution < -0.4 is 4.90 Å². The smallest absolute Gasteiger partial charge is 0.311 e. The fourth-order valence-corrected chi connectivity index (χ4v) is 2.22. The normalized spacial score (nSPS) is 19.6. The fourth-order valence-electron chi connectivity index (χ4n) is 2.08. The van der Waals surface area contributed by atoms with Crippen LogP contribution in [0.3, 0.4) is 0 Å². The van der Waals surface area contributed by atoms with E-state index in [1.54, 1.807) is 4.90 Å². The second-order valence-corrected chi connectivity index (χ2v) is 4.29. The SMILES string of the molecule is O=[N+]([O-])c1ccc(Cl)nc1N1CCCC1CO. The molecule has 2 rings (SSSR count). The average molecular weight is 258 g/mol. The summed E-state index contributed by atoms with van der Waals surface area (Å²) in [4.78, 5) is 16.2. The van der Waals surface area contributed by atoms with Gasteiger partial charge in [0.1, 0.15) is 5.15 Å². The molecule has 1 N–H and O–H groups in total. The summed E-state index contributed by atoms with van der Waals surface area (Å²) in [6.07, 6.45) is 1.69. The molecule has 0 bridgehead atoms. The van der Waals surface area contributed by atoms with E-state index in [0.717, 1.165) is 12.8 Å². The van der Waals surface area contributed by atoms with Crippen molar-refractivity contribution in [1.29, 1.82) is 0 Å². The minimum Gasteiger partial charge on any atom is -0.394 e.